The summed E-state index contributed by atoms with van der Waals surface area (Å²) in [4.78, 5) is 27.0. The Morgan fingerprint density at radius 1 is 1.27 bits per heavy atom. The number of hydrogen-bond donors (Lipinski definition) is 0. The predicted molar refractivity (Wildman–Crippen MR) is 81.7 cm³/mol. The van der Waals surface area contributed by atoms with Gasteiger partial charge in [0.1, 0.15) is 18.2 Å². The van der Waals surface area contributed by atoms with Crippen molar-refractivity contribution < 1.29 is 23.8 Å². The van der Waals surface area contributed by atoms with Gasteiger partial charge < -0.3 is 19.1 Å². The van der Waals surface area contributed by atoms with Crippen LogP contribution < -0.4 is 0 Å². The molecule has 1 rings (SSSR count). The first kappa shape index (κ1) is 18.7. The highest BCUT2D eigenvalue weighted by molar-refractivity contribution is 5.78. The van der Waals surface area contributed by atoms with Crippen LogP contribution in [0.15, 0.2) is 0 Å². The molecule has 128 valence electrons. The summed E-state index contributed by atoms with van der Waals surface area (Å²) in [5, 5.41) is 0. The van der Waals surface area contributed by atoms with Gasteiger partial charge in [-0.25, -0.2) is 4.79 Å². The molecule has 7 nitrogen and oxygen atoms in total. The number of ether oxygens (including phenoxy) is 3. The summed E-state index contributed by atoms with van der Waals surface area (Å²) >= 11 is 0. The van der Waals surface area contributed by atoms with Crippen molar-refractivity contribution in [2.75, 3.05) is 46.4 Å². The smallest absolute Gasteiger partial charge is 0.410 e. The fraction of sp³-hybridized carbons (Fsp3) is 0.867. The highest BCUT2D eigenvalue weighted by Gasteiger charge is 2.23. The Bertz CT molecular complexity index is 375. The quantitative estimate of drug-likeness (QED) is 0.708. The van der Waals surface area contributed by atoms with Gasteiger partial charge in [0.2, 0.25) is 0 Å². The Morgan fingerprint density at radius 3 is 2.41 bits per heavy atom. The maximum absolute atomic E-state index is 11.9. The van der Waals surface area contributed by atoms with Gasteiger partial charge in [-0.2, -0.15) is 0 Å². The van der Waals surface area contributed by atoms with E-state index in [2.05, 4.69) is 4.90 Å². The van der Waals surface area contributed by atoms with Gasteiger partial charge in [0.05, 0.1) is 13.2 Å². The van der Waals surface area contributed by atoms with E-state index in [9.17, 15) is 9.59 Å². The summed E-state index contributed by atoms with van der Waals surface area (Å²) in [5.74, 6) is -0.436. The van der Waals surface area contributed by atoms with Gasteiger partial charge in [-0.3, -0.25) is 9.69 Å². The van der Waals surface area contributed by atoms with Crippen LogP contribution in [0.5, 0.6) is 0 Å². The molecule has 0 aromatic heterocycles. The van der Waals surface area contributed by atoms with Crippen molar-refractivity contribution in [1.29, 1.82) is 0 Å². The molecule has 1 fully saturated rings. The maximum atomic E-state index is 11.9. The first-order valence-electron chi connectivity index (χ1n) is 7.61. The van der Waals surface area contributed by atoms with E-state index in [1.807, 2.05) is 6.92 Å². The summed E-state index contributed by atoms with van der Waals surface area (Å²) < 4.78 is 15.8. The second-order valence-electron chi connectivity index (χ2n) is 6.55. The molecule has 0 spiro atoms. The van der Waals surface area contributed by atoms with E-state index in [0.29, 0.717) is 19.8 Å². The maximum Gasteiger partial charge on any atom is 0.410 e. The Balaban J connectivity index is 2.30. The molecule has 1 aliphatic rings. The van der Waals surface area contributed by atoms with Crippen molar-refractivity contribution in [1.82, 2.24) is 9.80 Å². The van der Waals surface area contributed by atoms with Gasteiger partial charge in [-0.05, 0) is 27.7 Å². The lowest BCUT2D eigenvalue weighted by Gasteiger charge is -2.29. The number of esters is 1. The zero-order chi connectivity index (χ0) is 16.8. The summed E-state index contributed by atoms with van der Waals surface area (Å²) in [5.41, 5.74) is -0.584. The summed E-state index contributed by atoms with van der Waals surface area (Å²) in [7, 11) is 1.52. The third kappa shape index (κ3) is 7.61. The van der Waals surface area contributed by atoms with E-state index in [1.54, 1.807) is 20.8 Å². The molecule has 1 unspecified atom stereocenters. The van der Waals surface area contributed by atoms with E-state index in [-0.39, 0.29) is 12.6 Å². The highest BCUT2D eigenvalue weighted by atomic mass is 16.6. The molecule has 1 atom stereocenters. The number of morpholine rings is 1. The Labute approximate surface area is 132 Å². The van der Waals surface area contributed by atoms with E-state index in [0.717, 1.165) is 13.1 Å². The summed E-state index contributed by atoms with van der Waals surface area (Å²) in [6.45, 7) is 10.8. The number of likely N-dealkylation sites (N-methyl/N-ethyl adjacent to an activating group) is 1. The van der Waals surface area contributed by atoms with Gasteiger partial charge in [0.15, 0.2) is 0 Å². The second kappa shape index (κ2) is 8.33. The molecule has 0 radical (unpaired) electrons. The third-order valence-electron chi connectivity index (χ3n) is 3.02. The Morgan fingerprint density at radius 2 is 1.86 bits per heavy atom. The molecule has 0 saturated carbocycles. The molecular weight excluding hydrogens is 288 g/mol. The number of hydrogen-bond acceptors (Lipinski definition) is 6. The van der Waals surface area contributed by atoms with Gasteiger partial charge in [-0.1, -0.05) is 0 Å². The SMILES string of the molecule is CC(CN1CCOCC1)OC(=O)CN(C)C(=O)OC(C)(C)C. The van der Waals surface area contributed by atoms with Gasteiger partial charge in [-0.15, -0.1) is 0 Å². The lowest BCUT2D eigenvalue weighted by molar-refractivity contribution is -0.150. The summed E-state index contributed by atoms with van der Waals surface area (Å²) in [6.07, 6.45) is -0.761. The zero-order valence-corrected chi connectivity index (χ0v) is 14.3. The summed E-state index contributed by atoms with van der Waals surface area (Å²) in [6, 6.07) is 0. The van der Waals surface area contributed by atoms with E-state index >= 15 is 0 Å². The predicted octanol–water partition coefficient (Wildman–Crippen LogP) is 1.12. The van der Waals surface area contributed by atoms with E-state index in [1.165, 1.54) is 11.9 Å². The Kier molecular flexibility index (Phi) is 7.09. The van der Waals surface area contributed by atoms with E-state index in [4.69, 9.17) is 14.2 Å². The lowest BCUT2D eigenvalue weighted by atomic mass is 10.2. The largest absolute Gasteiger partial charge is 0.460 e. The average Bonchev–Trinajstić information content (AvgIpc) is 2.37. The number of carbonyl (C=O) groups is 2. The molecule has 1 aliphatic heterocycles. The molecule has 1 heterocycles. The molecule has 0 bridgehead atoms. The van der Waals surface area contributed by atoms with Gasteiger partial charge >= 0.3 is 12.1 Å². The molecule has 0 aliphatic carbocycles. The molecular formula is C15H28N2O5. The topological polar surface area (TPSA) is 68.3 Å². The minimum Gasteiger partial charge on any atom is -0.460 e. The van der Waals surface area contributed by atoms with E-state index < -0.39 is 17.7 Å². The van der Waals surface area contributed by atoms with Gasteiger partial charge in [0.25, 0.3) is 0 Å². The fourth-order valence-electron chi connectivity index (χ4n) is 2.04. The van der Waals surface area contributed by atoms with Gasteiger partial charge in [0, 0.05) is 26.7 Å². The van der Waals surface area contributed by atoms with Crippen LogP contribution in [0, 0.1) is 0 Å². The average molecular weight is 316 g/mol. The third-order valence-corrected chi connectivity index (χ3v) is 3.02. The first-order valence-corrected chi connectivity index (χ1v) is 7.61. The van der Waals surface area contributed by atoms with Crippen LogP contribution in [-0.4, -0.2) is 80.0 Å². The van der Waals surface area contributed by atoms with Crippen molar-refractivity contribution >= 4 is 12.1 Å². The number of rotatable bonds is 5. The van der Waals surface area contributed by atoms with Crippen molar-refractivity contribution in [3.05, 3.63) is 0 Å². The lowest BCUT2D eigenvalue weighted by Crippen LogP contribution is -2.42. The first-order chi connectivity index (χ1) is 10.2. The van der Waals surface area contributed by atoms with Crippen LogP contribution in [0.3, 0.4) is 0 Å². The highest BCUT2D eigenvalue weighted by Crippen LogP contribution is 2.09. The fourth-order valence-corrected chi connectivity index (χ4v) is 2.04. The molecule has 0 aromatic rings. The molecule has 0 N–H and O–H groups in total. The van der Waals surface area contributed by atoms with Crippen LogP contribution in [0.25, 0.3) is 0 Å². The molecule has 7 heteroatoms. The van der Waals surface area contributed by atoms with Crippen LogP contribution >= 0.6 is 0 Å². The molecule has 22 heavy (non-hydrogen) atoms. The normalized spacial score (nSPS) is 17.7. The molecule has 1 saturated heterocycles. The van der Waals surface area contributed by atoms with Crippen molar-refractivity contribution in [3.63, 3.8) is 0 Å². The second-order valence-corrected chi connectivity index (χ2v) is 6.55. The monoisotopic (exact) mass is 316 g/mol. The molecule has 0 aromatic carbocycles. The standard InChI is InChI=1S/C15H28N2O5/c1-12(10-17-6-8-20-9-7-17)21-13(18)11-16(5)14(19)22-15(2,3)4/h12H,6-11H2,1-5H3. The number of nitrogens with zero attached hydrogens (tertiary/aromatic N) is 2. The number of carbonyl (C=O) groups excluding carboxylic acids is 2. The van der Waals surface area contributed by atoms with Crippen LogP contribution in [-0.2, 0) is 19.0 Å². The van der Waals surface area contributed by atoms with Crippen molar-refractivity contribution in [2.24, 2.45) is 0 Å². The van der Waals surface area contributed by atoms with Crippen LogP contribution in [0.4, 0.5) is 4.79 Å². The Hall–Kier alpha value is -1.34. The minimum absolute atomic E-state index is 0.123. The zero-order valence-electron chi connectivity index (χ0n) is 14.3. The van der Waals surface area contributed by atoms with Crippen molar-refractivity contribution in [3.8, 4) is 0 Å². The molecule has 1 amide bonds. The van der Waals surface area contributed by atoms with Crippen LogP contribution in [0.2, 0.25) is 0 Å². The minimum atomic E-state index is -0.584. The van der Waals surface area contributed by atoms with Crippen molar-refractivity contribution in [2.45, 2.75) is 39.4 Å². The van der Waals surface area contributed by atoms with Crippen LogP contribution in [0.1, 0.15) is 27.7 Å². The number of amides is 1.